The lowest BCUT2D eigenvalue weighted by Crippen LogP contribution is -2.21. The molecular weight excluding hydrogens is 246 g/mol. The second-order valence-corrected chi connectivity index (χ2v) is 5.19. The van der Waals surface area contributed by atoms with Crippen molar-refractivity contribution >= 4 is 0 Å². The maximum Gasteiger partial charge on any atom is 0.119 e. The molecule has 2 aromatic carbocycles. The molecular formula is C18H23NO. The summed E-state index contributed by atoms with van der Waals surface area (Å²) < 4.78 is 5.26. The van der Waals surface area contributed by atoms with Gasteiger partial charge in [-0.3, -0.25) is 0 Å². The monoisotopic (exact) mass is 269 g/mol. The van der Waals surface area contributed by atoms with Crippen molar-refractivity contribution in [2.75, 3.05) is 13.7 Å². The van der Waals surface area contributed by atoms with Gasteiger partial charge in [0.1, 0.15) is 5.75 Å². The molecule has 2 nitrogen and oxygen atoms in total. The van der Waals surface area contributed by atoms with E-state index >= 15 is 0 Å². The minimum atomic E-state index is 0.329. The molecule has 0 radical (unpaired) electrons. The fourth-order valence-electron chi connectivity index (χ4n) is 2.33. The van der Waals surface area contributed by atoms with Crippen molar-refractivity contribution in [2.45, 2.75) is 26.3 Å². The zero-order valence-electron chi connectivity index (χ0n) is 12.5. The molecule has 0 aliphatic rings. The average Bonchev–Trinajstić information content (AvgIpc) is 2.47. The van der Waals surface area contributed by atoms with Gasteiger partial charge in [0.15, 0.2) is 0 Å². The van der Waals surface area contributed by atoms with E-state index in [1.807, 2.05) is 12.1 Å². The third-order valence-corrected chi connectivity index (χ3v) is 3.54. The third-order valence-electron chi connectivity index (χ3n) is 3.54. The Morgan fingerprint density at radius 2 is 1.90 bits per heavy atom. The molecule has 1 unspecified atom stereocenters. The van der Waals surface area contributed by atoms with Crippen molar-refractivity contribution in [1.29, 1.82) is 0 Å². The summed E-state index contributed by atoms with van der Waals surface area (Å²) in [4.78, 5) is 0. The number of ether oxygens (including phenoxy) is 1. The summed E-state index contributed by atoms with van der Waals surface area (Å²) in [7, 11) is 1.70. The number of aryl methyl sites for hydroxylation is 1. The van der Waals surface area contributed by atoms with Gasteiger partial charge < -0.3 is 10.1 Å². The Morgan fingerprint density at radius 1 is 1.10 bits per heavy atom. The summed E-state index contributed by atoms with van der Waals surface area (Å²) in [5.41, 5.74) is 3.97. The lowest BCUT2D eigenvalue weighted by molar-refractivity contribution is 0.413. The van der Waals surface area contributed by atoms with Crippen LogP contribution in [0.1, 0.15) is 29.7 Å². The largest absolute Gasteiger partial charge is 0.497 e. The topological polar surface area (TPSA) is 21.3 Å². The molecule has 1 atom stereocenters. The fraction of sp³-hybridized carbons (Fsp3) is 0.333. The second kappa shape index (κ2) is 7.11. The van der Waals surface area contributed by atoms with E-state index in [1.54, 1.807) is 7.11 Å². The molecule has 106 valence electrons. The van der Waals surface area contributed by atoms with Crippen LogP contribution in [0.25, 0.3) is 0 Å². The molecule has 2 heteroatoms. The minimum absolute atomic E-state index is 0.329. The first-order chi connectivity index (χ1) is 9.69. The van der Waals surface area contributed by atoms with Crippen LogP contribution in [-0.2, 0) is 6.42 Å². The van der Waals surface area contributed by atoms with E-state index in [-0.39, 0.29) is 0 Å². The van der Waals surface area contributed by atoms with Crippen LogP contribution in [0.2, 0.25) is 0 Å². The second-order valence-electron chi connectivity index (χ2n) is 5.19. The van der Waals surface area contributed by atoms with Crippen molar-refractivity contribution in [3.05, 3.63) is 65.2 Å². The van der Waals surface area contributed by atoms with E-state index in [2.05, 4.69) is 55.6 Å². The first-order valence-electron chi connectivity index (χ1n) is 7.12. The molecule has 1 N–H and O–H groups in total. The molecule has 2 rings (SSSR count). The van der Waals surface area contributed by atoms with Crippen LogP contribution in [0.5, 0.6) is 5.75 Å². The summed E-state index contributed by atoms with van der Waals surface area (Å²) >= 11 is 0. The SMILES string of the molecule is COc1cccc(C(C)NCCc2cccc(C)c2)c1. The quantitative estimate of drug-likeness (QED) is 0.859. The van der Waals surface area contributed by atoms with E-state index in [9.17, 15) is 0 Å². The van der Waals surface area contributed by atoms with Crippen LogP contribution in [-0.4, -0.2) is 13.7 Å². The molecule has 0 aromatic heterocycles. The summed E-state index contributed by atoms with van der Waals surface area (Å²) in [6, 6.07) is 17.2. The Hall–Kier alpha value is -1.80. The van der Waals surface area contributed by atoms with Gasteiger partial charge in [-0.25, -0.2) is 0 Å². The smallest absolute Gasteiger partial charge is 0.119 e. The number of benzene rings is 2. The highest BCUT2D eigenvalue weighted by molar-refractivity contribution is 5.30. The molecule has 0 heterocycles. The molecule has 0 spiro atoms. The Labute approximate surface area is 121 Å². The molecule has 0 saturated heterocycles. The van der Waals surface area contributed by atoms with Crippen LogP contribution >= 0.6 is 0 Å². The fourth-order valence-corrected chi connectivity index (χ4v) is 2.33. The van der Waals surface area contributed by atoms with Gasteiger partial charge in [0.05, 0.1) is 7.11 Å². The average molecular weight is 269 g/mol. The van der Waals surface area contributed by atoms with Crippen LogP contribution in [0.3, 0.4) is 0 Å². The normalized spacial score (nSPS) is 12.2. The van der Waals surface area contributed by atoms with E-state index in [0.717, 1.165) is 18.7 Å². The summed E-state index contributed by atoms with van der Waals surface area (Å²) in [5, 5.41) is 3.56. The molecule has 0 amide bonds. The molecule has 0 fully saturated rings. The van der Waals surface area contributed by atoms with Crippen molar-refractivity contribution in [1.82, 2.24) is 5.32 Å². The summed E-state index contributed by atoms with van der Waals surface area (Å²) in [6.07, 6.45) is 1.05. The van der Waals surface area contributed by atoms with Gasteiger partial charge in [0, 0.05) is 6.04 Å². The number of methoxy groups -OCH3 is 1. The Balaban J connectivity index is 1.87. The van der Waals surface area contributed by atoms with Crippen molar-refractivity contribution < 1.29 is 4.74 Å². The van der Waals surface area contributed by atoms with Crippen molar-refractivity contribution in [3.63, 3.8) is 0 Å². The lowest BCUT2D eigenvalue weighted by atomic mass is 10.1. The Bertz CT molecular complexity index is 551. The van der Waals surface area contributed by atoms with Gasteiger partial charge in [-0.05, 0) is 50.1 Å². The number of rotatable bonds is 6. The van der Waals surface area contributed by atoms with Gasteiger partial charge in [0.25, 0.3) is 0 Å². The zero-order valence-corrected chi connectivity index (χ0v) is 12.5. The molecule has 20 heavy (non-hydrogen) atoms. The van der Waals surface area contributed by atoms with Crippen molar-refractivity contribution in [2.24, 2.45) is 0 Å². The maximum absolute atomic E-state index is 5.26. The standard InChI is InChI=1S/C18H23NO/c1-14-6-4-7-16(12-14)10-11-19-15(2)17-8-5-9-18(13-17)20-3/h4-9,12-13,15,19H,10-11H2,1-3H3. The van der Waals surface area contributed by atoms with Gasteiger partial charge in [0.2, 0.25) is 0 Å². The predicted octanol–water partition coefficient (Wildman–Crippen LogP) is 3.90. The highest BCUT2D eigenvalue weighted by Crippen LogP contribution is 2.18. The lowest BCUT2D eigenvalue weighted by Gasteiger charge is -2.15. The van der Waals surface area contributed by atoms with E-state index in [4.69, 9.17) is 4.74 Å². The van der Waals surface area contributed by atoms with Gasteiger partial charge in [-0.1, -0.05) is 42.0 Å². The minimum Gasteiger partial charge on any atom is -0.497 e. The first kappa shape index (κ1) is 14.6. The molecule has 0 aliphatic heterocycles. The van der Waals surface area contributed by atoms with Gasteiger partial charge >= 0.3 is 0 Å². The highest BCUT2D eigenvalue weighted by atomic mass is 16.5. The van der Waals surface area contributed by atoms with Gasteiger partial charge in [-0.2, -0.15) is 0 Å². The van der Waals surface area contributed by atoms with Crippen molar-refractivity contribution in [3.8, 4) is 5.75 Å². The van der Waals surface area contributed by atoms with Gasteiger partial charge in [-0.15, -0.1) is 0 Å². The Kier molecular flexibility index (Phi) is 5.19. The van der Waals surface area contributed by atoms with Crippen LogP contribution < -0.4 is 10.1 Å². The van der Waals surface area contributed by atoms with Crippen LogP contribution in [0.4, 0.5) is 0 Å². The number of nitrogens with one attached hydrogen (secondary N) is 1. The van der Waals surface area contributed by atoms with E-state index in [1.165, 1.54) is 16.7 Å². The summed E-state index contributed by atoms with van der Waals surface area (Å²) in [5.74, 6) is 0.912. The predicted molar refractivity (Wildman–Crippen MR) is 84.3 cm³/mol. The van der Waals surface area contributed by atoms with E-state index in [0.29, 0.717) is 6.04 Å². The van der Waals surface area contributed by atoms with E-state index < -0.39 is 0 Å². The number of hydrogen-bond donors (Lipinski definition) is 1. The zero-order chi connectivity index (χ0) is 14.4. The molecule has 0 aliphatic carbocycles. The first-order valence-corrected chi connectivity index (χ1v) is 7.12. The molecule has 2 aromatic rings. The maximum atomic E-state index is 5.26. The van der Waals surface area contributed by atoms with Crippen LogP contribution in [0.15, 0.2) is 48.5 Å². The highest BCUT2D eigenvalue weighted by Gasteiger charge is 2.05. The molecule has 0 saturated carbocycles. The summed E-state index contributed by atoms with van der Waals surface area (Å²) in [6.45, 7) is 5.29. The number of hydrogen-bond acceptors (Lipinski definition) is 2. The molecule has 0 bridgehead atoms. The Morgan fingerprint density at radius 3 is 2.65 bits per heavy atom. The van der Waals surface area contributed by atoms with Crippen LogP contribution in [0, 0.1) is 6.92 Å². The third kappa shape index (κ3) is 4.10.